The van der Waals surface area contributed by atoms with E-state index < -0.39 is 0 Å². The van der Waals surface area contributed by atoms with Gasteiger partial charge in [0.15, 0.2) is 12.6 Å². The van der Waals surface area contributed by atoms with Gasteiger partial charge in [0.2, 0.25) is 5.78 Å². The number of piperazine rings is 1. The minimum absolute atomic E-state index is 0.119. The Morgan fingerprint density at radius 2 is 1.84 bits per heavy atom. The van der Waals surface area contributed by atoms with Gasteiger partial charge in [-0.1, -0.05) is 29.3 Å². The SMILES string of the molecule is Cc1cc(O)c(CN2CCN(c3cccc(Cl)c3)CC2)c2c1C(=O)/C(=C/c1cc(Cl)cc3c1OCOC3)O2. The predicted octanol–water partition coefficient (Wildman–Crippen LogP) is 5.81. The van der Waals surface area contributed by atoms with Crippen LogP contribution in [-0.4, -0.2) is 48.8 Å². The van der Waals surface area contributed by atoms with Crippen molar-refractivity contribution in [3.63, 3.8) is 0 Å². The number of ether oxygens (including phenoxy) is 3. The largest absolute Gasteiger partial charge is 0.507 e. The third kappa shape index (κ3) is 4.71. The van der Waals surface area contributed by atoms with Gasteiger partial charge in [-0.3, -0.25) is 9.69 Å². The van der Waals surface area contributed by atoms with Crippen LogP contribution in [0.5, 0.6) is 17.2 Å². The fourth-order valence-corrected chi connectivity index (χ4v) is 5.68. The van der Waals surface area contributed by atoms with Crippen LogP contribution in [0.4, 0.5) is 5.69 Å². The molecule has 0 aromatic heterocycles. The van der Waals surface area contributed by atoms with Crippen molar-refractivity contribution in [1.29, 1.82) is 0 Å². The van der Waals surface area contributed by atoms with Crippen LogP contribution in [0.2, 0.25) is 10.0 Å². The van der Waals surface area contributed by atoms with Crippen LogP contribution in [0, 0.1) is 6.92 Å². The van der Waals surface area contributed by atoms with Crippen LogP contribution in [0.25, 0.3) is 6.08 Å². The van der Waals surface area contributed by atoms with E-state index in [9.17, 15) is 9.90 Å². The average molecular weight is 553 g/mol. The number of nitrogens with zero attached hydrogens (tertiary/aromatic N) is 2. The summed E-state index contributed by atoms with van der Waals surface area (Å²) in [5, 5.41) is 12.1. The Bertz CT molecular complexity index is 1460. The van der Waals surface area contributed by atoms with Crippen molar-refractivity contribution in [2.45, 2.75) is 20.1 Å². The molecule has 1 N–H and O–H groups in total. The second kappa shape index (κ2) is 10.2. The predicted molar refractivity (Wildman–Crippen MR) is 146 cm³/mol. The zero-order chi connectivity index (χ0) is 26.4. The van der Waals surface area contributed by atoms with E-state index in [2.05, 4.69) is 15.9 Å². The van der Waals surface area contributed by atoms with Crippen molar-refractivity contribution in [3.05, 3.63) is 86.1 Å². The molecule has 0 bridgehead atoms. The van der Waals surface area contributed by atoms with Crippen molar-refractivity contribution in [1.82, 2.24) is 4.90 Å². The molecule has 3 aliphatic rings. The second-order valence-corrected chi connectivity index (χ2v) is 10.5. The van der Waals surface area contributed by atoms with E-state index >= 15 is 0 Å². The van der Waals surface area contributed by atoms with Crippen LogP contribution in [0.15, 0.2) is 48.2 Å². The molecular formula is C29H26Cl2N2O5. The number of Topliss-reactive ketones (excluding diaryl/α,β-unsaturated/α-hetero) is 1. The van der Waals surface area contributed by atoms with Crippen LogP contribution in [0.3, 0.4) is 0 Å². The quantitative estimate of drug-likeness (QED) is 0.409. The van der Waals surface area contributed by atoms with Crippen molar-refractivity contribution in [2.75, 3.05) is 37.9 Å². The summed E-state index contributed by atoms with van der Waals surface area (Å²) >= 11 is 12.5. The van der Waals surface area contributed by atoms with Gasteiger partial charge < -0.3 is 24.2 Å². The molecule has 0 amide bonds. The molecule has 3 aromatic rings. The number of phenolic OH excluding ortho intramolecular Hbond substituents is 1. The van der Waals surface area contributed by atoms with Gasteiger partial charge in [0, 0.05) is 59.6 Å². The first-order valence-electron chi connectivity index (χ1n) is 12.4. The molecule has 6 rings (SSSR count). The van der Waals surface area contributed by atoms with Crippen LogP contribution >= 0.6 is 23.2 Å². The van der Waals surface area contributed by atoms with Crippen LogP contribution < -0.4 is 14.4 Å². The van der Waals surface area contributed by atoms with E-state index in [0.717, 1.165) is 37.4 Å². The lowest BCUT2D eigenvalue weighted by Gasteiger charge is -2.36. The normalized spacial score (nSPS) is 18.2. The summed E-state index contributed by atoms with van der Waals surface area (Å²) in [6, 6.07) is 13.0. The summed E-state index contributed by atoms with van der Waals surface area (Å²) in [5.74, 6) is 1.09. The first kappa shape index (κ1) is 25.1. The fourth-order valence-electron chi connectivity index (χ4n) is 5.25. The maximum absolute atomic E-state index is 13.5. The summed E-state index contributed by atoms with van der Waals surface area (Å²) in [6.07, 6.45) is 1.66. The summed E-state index contributed by atoms with van der Waals surface area (Å²) in [4.78, 5) is 18.0. The molecule has 196 valence electrons. The molecule has 0 aliphatic carbocycles. The topological polar surface area (TPSA) is 71.5 Å². The number of rotatable bonds is 4. The number of phenols is 1. The van der Waals surface area contributed by atoms with Gasteiger partial charge in [0.25, 0.3) is 0 Å². The maximum Gasteiger partial charge on any atom is 0.232 e. The molecule has 38 heavy (non-hydrogen) atoms. The molecule has 9 heteroatoms. The number of aromatic hydroxyl groups is 1. The van der Waals surface area contributed by atoms with E-state index in [4.69, 9.17) is 37.4 Å². The number of hydrogen-bond acceptors (Lipinski definition) is 7. The molecule has 1 fully saturated rings. The minimum Gasteiger partial charge on any atom is -0.507 e. The molecule has 3 heterocycles. The van der Waals surface area contributed by atoms with Gasteiger partial charge in [-0.2, -0.15) is 0 Å². The molecule has 3 aromatic carbocycles. The van der Waals surface area contributed by atoms with E-state index in [-0.39, 0.29) is 24.1 Å². The Hall–Kier alpha value is -3.23. The number of anilines is 1. The number of carbonyl (C=O) groups is 1. The first-order valence-corrected chi connectivity index (χ1v) is 13.2. The van der Waals surface area contributed by atoms with Crippen LogP contribution in [0.1, 0.15) is 32.6 Å². The van der Waals surface area contributed by atoms with E-state index in [0.29, 0.717) is 56.9 Å². The van der Waals surface area contributed by atoms with Gasteiger partial charge >= 0.3 is 0 Å². The van der Waals surface area contributed by atoms with E-state index in [1.165, 1.54) is 0 Å². The van der Waals surface area contributed by atoms with Gasteiger partial charge in [-0.15, -0.1) is 0 Å². The number of halogens is 2. The van der Waals surface area contributed by atoms with Gasteiger partial charge in [-0.05, 0) is 55.0 Å². The third-order valence-electron chi connectivity index (χ3n) is 7.14. The Balaban J connectivity index is 1.25. The molecule has 0 saturated carbocycles. The summed E-state index contributed by atoms with van der Waals surface area (Å²) in [5.41, 5.74) is 4.30. The second-order valence-electron chi connectivity index (χ2n) is 9.67. The maximum atomic E-state index is 13.5. The number of carbonyl (C=O) groups excluding carboxylic acids is 1. The number of fused-ring (bicyclic) bond motifs is 2. The lowest BCUT2D eigenvalue weighted by Crippen LogP contribution is -2.46. The van der Waals surface area contributed by atoms with Crippen LogP contribution in [-0.2, 0) is 17.9 Å². The highest BCUT2D eigenvalue weighted by Crippen LogP contribution is 2.43. The van der Waals surface area contributed by atoms with Crippen molar-refractivity contribution < 1.29 is 24.1 Å². The molecule has 0 radical (unpaired) electrons. The number of hydrogen-bond donors (Lipinski definition) is 1. The molecular weight excluding hydrogens is 527 g/mol. The average Bonchev–Trinajstić information content (AvgIpc) is 3.23. The Morgan fingerprint density at radius 3 is 2.63 bits per heavy atom. The Labute approximate surface area is 230 Å². The number of allylic oxidation sites excluding steroid dienone is 1. The zero-order valence-electron chi connectivity index (χ0n) is 20.8. The molecule has 7 nitrogen and oxygen atoms in total. The van der Waals surface area contributed by atoms with Crippen molar-refractivity contribution in [3.8, 4) is 17.2 Å². The molecule has 0 spiro atoms. The Kier molecular flexibility index (Phi) is 6.70. The van der Waals surface area contributed by atoms with Gasteiger partial charge in [0.05, 0.1) is 17.7 Å². The smallest absolute Gasteiger partial charge is 0.232 e. The van der Waals surface area contributed by atoms with Gasteiger partial charge in [0.1, 0.15) is 17.2 Å². The first-order chi connectivity index (χ1) is 18.4. The molecule has 0 unspecified atom stereocenters. The fraction of sp³-hybridized carbons (Fsp3) is 0.276. The highest BCUT2D eigenvalue weighted by atomic mass is 35.5. The number of benzene rings is 3. The molecule has 3 aliphatic heterocycles. The monoisotopic (exact) mass is 552 g/mol. The summed E-state index contributed by atoms with van der Waals surface area (Å²) < 4.78 is 17.2. The van der Waals surface area contributed by atoms with E-state index in [1.54, 1.807) is 31.2 Å². The highest BCUT2D eigenvalue weighted by molar-refractivity contribution is 6.31. The van der Waals surface area contributed by atoms with E-state index in [1.807, 2.05) is 18.2 Å². The third-order valence-corrected chi connectivity index (χ3v) is 7.59. The standard InChI is InChI=1S/C29H26Cl2N2O5/c1-17-9-24(34)23(14-32-5-7-33(8-6-32)22-4-2-3-20(30)13-22)29-26(17)27(35)25(38-29)12-18-10-21(31)11-19-15-36-16-37-28(18)19/h2-4,9-13,34H,5-8,14-16H2,1H3/b25-12-. The number of ketones is 1. The minimum atomic E-state index is -0.231. The zero-order valence-corrected chi connectivity index (χ0v) is 22.3. The van der Waals surface area contributed by atoms with Crippen molar-refractivity contribution in [2.24, 2.45) is 0 Å². The summed E-state index contributed by atoms with van der Waals surface area (Å²) in [7, 11) is 0. The molecule has 1 saturated heterocycles. The Morgan fingerprint density at radius 1 is 1.03 bits per heavy atom. The van der Waals surface area contributed by atoms with Gasteiger partial charge in [-0.25, -0.2) is 0 Å². The lowest BCUT2D eigenvalue weighted by molar-refractivity contribution is -0.0165. The lowest BCUT2D eigenvalue weighted by atomic mass is 9.98. The summed E-state index contributed by atoms with van der Waals surface area (Å²) in [6.45, 7) is 6.00. The highest BCUT2D eigenvalue weighted by Gasteiger charge is 2.34. The van der Waals surface area contributed by atoms with Crippen molar-refractivity contribution >= 4 is 40.7 Å². The molecule has 0 atom stereocenters. The number of aryl methyl sites for hydroxylation is 1.